The molecule has 3 heteroatoms. The van der Waals surface area contributed by atoms with Gasteiger partial charge in [0.1, 0.15) is 0 Å². The van der Waals surface area contributed by atoms with Crippen molar-refractivity contribution in [3.63, 3.8) is 0 Å². The van der Waals surface area contributed by atoms with Gasteiger partial charge in [0.15, 0.2) is 0 Å². The highest BCUT2D eigenvalue weighted by atomic mass is 79.9. The molecule has 1 N–H and O–H groups in total. The monoisotopic (exact) mass is 270 g/mol. The van der Waals surface area contributed by atoms with Crippen molar-refractivity contribution in [1.29, 1.82) is 0 Å². The lowest BCUT2D eigenvalue weighted by molar-refractivity contribution is 0.372. The van der Waals surface area contributed by atoms with E-state index in [0.29, 0.717) is 11.8 Å². The third kappa shape index (κ3) is 4.31. The predicted octanol–water partition coefficient (Wildman–Crippen LogP) is 2.88. The molecule has 0 fully saturated rings. The van der Waals surface area contributed by atoms with Crippen LogP contribution in [0.5, 0.6) is 0 Å². The third-order valence-corrected chi connectivity index (χ3v) is 3.29. The van der Waals surface area contributed by atoms with Crippen molar-refractivity contribution in [2.24, 2.45) is 11.8 Å². The number of nitrogens with one attached hydrogen (secondary N) is 1. The van der Waals surface area contributed by atoms with E-state index in [-0.39, 0.29) is 0 Å². The topological polar surface area (TPSA) is 24.9 Å². The number of pyridine rings is 1. The molecule has 15 heavy (non-hydrogen) atoms. The van der Waals surface area contributed by atoms with Crippen LogP contribution >= 0.6 is 15.9 Å². The molecule has 2 unspecified atom stereocenters. The van der Waals surface area contributed by atoms with Crippen LogP contribution in [0.2, 0.25) is 0 Å². The molecule has 0 amide bonds. The molecule has 2 atom stereocenters. The fourth-order valence-electron chi connectivity index (χ4n) is 1.58. The number of halogens is 1. The van der Waals surface area contributed by atoms with Crippen molar-refractivity contribution in [2.45, 2.75) is 20.3 Å². The Morgan fingerprint density at radius 3 is 2.60 bits per heavy atom. The molecule has 84 valence electrons. The van der Waals surface area contributed by atoms with Crippen LogP contribution in [0.15, 0.2) is 22.8 Å². The van der Waals surface area contributed by atoms with E-state index in [0.717, 1.165) is 17.4 Å². The van der Waals surface area contributed by atoms with Crippen molar-refractivity contribution in [1.82, 2.24) is 10.3 Å². The lowest BCUT2D eigenvalue weighted by Gasteiger charge is -2.19. The molecular weight excluding hydrogens is 252 g/mol. The lowest BCUT2D eigenvalue weighted by atomic mass is 9.91. The second-order valence-corrected chi connectivity index (χ2v) is 5.10. The molecule has 1 rings (SSSR count). The van der Waals surface area contributed by atoms with Gasteiger partial charge >= 0.3 is 0 Å². The Morgan fingerprint density at radius 1 is 1.33 bits per heavy atom. The van der Waals surface area contributed by atoms with Crippen molar-refractivity contribution in [3.05, 3.63) is 28.5 Å². The molecule has 0 bridgehead atoms. The van der Waals surface area contributed by atoms with E-state index >= 15 is 0 Å². The van der Waals surface area contributed by atoms with Gasteiger partial charge in [-0.3, -0.25) is 4.98 Å². The number of aromatic nitrogens is 1. The molecule has 1 heterocycles. The van der Waals surface area contributed by atoms with Crippen LogP contribution in [0.4, 0.5) is 0 Å². The van der Waals surface area contributed by atoms with Crippen LogP contribution in [0.3, 0.4) is 0 Å². The standard InChI is InChI=1S/C12H19BrN2/c1-9(10(2)7-14-3)6-12-5-4-11(13)8-15-12/h4-5,8-10,14H,6-7H2,1-3H3. The molecular formula is C12H19BrN2. The van der Waals surface area contributed by atoms with E-state index in [2.05, 4.69) is 52.2 Å². The summed E-state index contributed by atoms with van der Waals surface area (Å²) in [6.45, 7) is 5.63. The van der Waals surface area contributed by atoms with Gasteiger partial charge < -0.3 is 5.32 Å². The normalized spacial score (nSPS) is 14.9. The molecule has 0 saturated carbocycles. The number of hydrogen-bond donors (Lipinski definition) is 1. The summed E-state index contributed by atoms with van der Waals surface area (Å²) in [7, 11) is 2.00. The summed E-state index contributed by atoms with van der Waals surface area (Å²) in [6.07, 6.45) is 2.92. The van der Waals surface area contributed by atoms with E-state index in [1.807, 2.05) is 13.2 Å². The van der Waals surface area contributed by atoms with E-state index in [1.54, 1.807) is 0 Å². The summed E-state index contributed by atoms with van der Waals surface area (Å²) in [6, 6.07) is 4.14. The number of hydrogen-bond acceptors (Lipinski definition) is 2. The zero-order valence-electron chi connectivity index (χ0n) is 9.63. The zero-order valence-corrected chi connectivity index (χ0v) is 11.2. The molecule has 0 aromatic carbocycles. The minimum Gasteiger partial charge on any atom is -0.319 e. The average Bonchev–Trinajstić information content (AvgIpc) is 2.22. The first-order valence-electron chi connectivity index (χ1n) is 5.38. The van der Waals surface area contributed by atoms with Crippen LogP contribution in [0.1, 0.15) is 19.5 Å². The first-order valence-corrected chi connectivity index (χ1v) is 6.17. The summed E-state index contributed by atoms with van der Waals surface area (Å²) in [4.78, 5) is 4.39. The van der Waals surface area contributed by atoms with Gasteiger partial charge in [-0.25, -0.2) is 0 Å². The minimum atomic E-state index is 0.658. The van der Waals surface area contributed by atoms with E-state index < -0.39 is 0 Å². The molecule has 1 aromatic heterocycles. The Balaban J connectivity index is 2.50. The SMILES string of the molecule is CNCC(C)C(C)Cc1ccc(Br)cn1. The molecule has 0 aliphatic heterocycles. The number of nitrogens with zero attached hydrogens (tertiary/aromatic N) is 1. The smallest absolute Gasteiger partial charge is 0.0413 e. The minimum absolute atomic E-state index is 0.658. The Hall–Kier alpha value is -0.410. The van der Waals surface area contributed by atoms with Crippen LogP contribution in [0, 0.1) is 11.8 Å². The van der Waals surface area contributed by atoms with Crippen LogP contribution < -0.4 is 5.32 Å². The molecule has 0 spiro atoms. The van der Waals surface area contributed by atoms with Crippen LogP contribution in [-0.2, 0) is 6.42 Å². The summed E-state index contributed by atoms with van der Waals surface area (Å²) in [5.41, 5.74) is 1.17. The molecule has 0 saturated heterocycles. The maximum atomic E-state index is 4.39. The lowest BCUT2D eigenvalue weighted by Crippen LogP contribution is -2.23. The maximum Gasteiger partial charge on any atom is 0.0413 e. The maximum absolute atomic E-state index is 4.39. The fourth-order valence-corrected chi connectivity index (χ4v) is 1.82. The summed E-state index contributed by atoms with van der Waals surface area (Å²) < 4.78 is 1.04. The van der Waals surface area contributed by atoms with Crippen LogP contribution in [0.25, 0.3) is 0 Å². The predicted molar refractivity (Wildman–Crippen MR) is 67.9 cm³/mol. The van der Waals surface area contributed by atoms with Crippen molar-refractivity contribution >= 4 is 15.9 Å². The highest BCUT2D eigenvalue weighted by Crippen LogP contribution is 2.16. The highest BCUT2D eigenvalue weighted by Gasteiger charge is 2.12. The summed E-state index contributed by atoms with van der Waals surface area (Å²) in [5, 5.41) is 3.22. The van der Waals surface area contributed by atoms with Gasteiger partial charge in [-0.05, 0) is 59.9 Å². The first kappa shape index (κ1) is 12.7. The van der Waals surface area contributed by atoms with Gasteiger partial charge in [0.25, 0.3) is 0 Å². The van der Waals surface area contributed by atoms with Gasteiger partial charge in [0.05, 0.1) is 0 Å². The van der Waals surface area contributed by atoms with Gasteiger partial charge in [0.2, 0.25) is 0 Å². The molecule has 0 aliphatic rings. The average molecular weight is 271 g/mol. The quantitative estimate of drug-likeness (QED) is 0.890. The first-order chi connectivity index (χ1) is 7.13. The van der Waals surface area contributed by atoms with Crippen molar-refractivity contribution in [2.75, 3.05) is 13.6 Å². The summed E-state index contributed by atoms with van der Waals surface area (Å²) >= 11 is 3.39. The third-order valence-electron chi connectivity index (χ3n) is 2.82. The van der Waals surface area contributed by atoms with Crippen molar-refractivity contribution in [3.8, 4) is 0 Å². The summed E-state index contributed by atoms with van der Waals surface area (Å²) in [5.74, 6) is 1.34. The second-order valence-electron chi connectivity index (χ2n) is 4.18. The van der Waals surface area contributed by atoms with Gasteiger partial charge in [0, 0.05) is 16.4 Å². The van der Waals surface area contributed by atoms with Crippen molar-refractivity contribution < 1.29 is 0 Å². The Kier molecular flexibility index (Phi) is 5.26. The fraction of sp³-hybridized carbons (Fsp3) is 0.583. The molecule has 0 radical (unpaired) electrons. The molecule has 2 nitrogen and oxygen atoms in total. The molecule has 1 aromatic rings. The number of rotatable bonds is 5. The Morgan fingerprint density at radius 2 is 2.07 bits per heavy atom. The second kappa shape index (κ2) is 6.23. The van der Waals surface area contributed by atoms with Crippen LogP contribution in [-0.4, -0.2) is 18.6 Å². The van der Waals surface area contributed by atoms with E-state index in [4.69, 9.17) is 0 Å². The highest BCUT2D eigenvalue weighted by molar-refractivity contribution is 9.10. The zero-order chi connectivity index (χ0) is 11.3. The largest absolute Gasteiger partial charge is 0.319 e. The van der Waals surface area contributed by atoms with E-state index in [1.165, 1.54) is 5.69 Å². The molecule has 0 aliphatic carbocycles. The Bertz CT molecular complexity index is 284. The van der Waals surface area contributed by atoms with E-state index in [9.17, 15) is 0 Å². The Labute approximate surface area is 101 Å². The van der Waals surface area contributed by atoms with Gasteiger partial charge in [-0.1, -0.05) is 13.8 Å². The van der Waals surface area contributed by atoms with Gasteiger partial charge in [-0.2, -0.15) is 0 Å². The van der Waals surface area contributed by atoms with Gasteiger partial charge in [-0.15, -0.1) is 0 Å².